The highest BCUT2D eigenvalue weighted by Gasteiger charge is 2.39. The Hall–Kier alpha value is -2.15. The summed E-state index contributed by atoms with van der Waals surface area (Å²) in [5, 5.41) is 3.18. The Bertz CT molecular complexity index is 447. The predicted octanol–water partition coefficient (Wildman–Crippen LogP) is 1.03. The van der Waals surface area contributed by atoms with Crippen LogP contribution in [0, 0.1) is 0 Å². The van der Waals surface area contributed by atoms with E-state index in [1.807, 2.05) is 0 Å². The number of halogens is 3. The van der Waals surface area contributed by atoms with Gasteiger partial charge in [0.15, 0.2) is 5.69 Å². The van der Waals surface area contributed by atoms with E-state index in [9.17, 15) is 18.0 Å². The third-order valence-electron chi connectivity index (χ3n) is 1.59. The Kier molecular flexibility index (Phi) is 5.77. The van der Waals surface area contributed by atoms with Gasteiger partial charge in [-0.3, -0.25) is 4.68 Å². The Balaban J connectivity index is 0.000000873. The van der Waals surface area contributed by atoms with Gasteiger partial charge in [-0.2, -0.15) is 27.9 Å². The largest absolute Gasteiger partial charge is 0.462 e. The molecule has 18 heavy (non-hydrogen) atoms. The second kappa shape index (κ2) is 6.55. The predicted molar refractivity (Wildman–Crippen MR) is 49.2 cm³/mol. The molecule has 100 valence electrons. The zero-order valence-corrected chi connectivity index (χ0v) is 9.45. The fourth-order valence-electron chi connectivity index (χ4n) is 1.06. The molecular formula is C9H9F3N2O4. The van der Waals surface area contributed by atoms with Crippen LogP contribution >= 0.6 is 0 Å². The molecule has 0 radical (unpaired) electrons. The van der Waals surface area contributed by atoms with Crippen LogP contribution in [0.3, 0.4) is 0 Å². The number of hydrogen-bond acceptors (Lipinski definition) is 5. The first-order chi connectivity index (χ1) is 8.27. The first kappa shape index (κ1) is 15.9. The van der Waals surface area contributed by atoms with Crippen LogP contribution in [0.5, 0.6) is 0 Å². The molecule has 0 N–H and O–H groups in total. The molecule has 0 aromatic carbocycles. The highest BCUT2D eigenvalue weighted by atomic mass is 19.4. The Labute approximate surface area is 99.3 Å². The first-order valence-corrected chi connectivity index (χ1v) is 4.55. The summed E-state index contributed by atoms with van der Waals surface area (Å²) in [6, 6.07) is 0. The molecule has 0 bridgehead atoms. The molecule has 1 aromatic heterocycles. The van der Waals surface area contributed by atoms with Gasteiger partial charge in [-0.15, -0.1) is 0 Å². The van der Waals surface area contributed by atoms with Crippen molar-refractivity contribution in [1.82, 2.24) is 9.78 Å². The van der Waals surface area contributed by atoms with Crippen LogP contribution in [-0.2, 0) is 27.5 Å². The highest BCUT2D eigenvalue weighted by molar-refractivity contribution is 5.90. The number of ether oxygens (including phenoxy) is 1. The number of carbonyl (C=O) groups is 1. The fourth-order valence-corrected chi connectivity index (χ4v) is 1.06. The smallest absolute Gasteiger partial charge is 0.436 e. The Morgan fingerprint density at radius 2 is 2.00 bits per heavy atom. The second-order valence-corrected chi connectivity index (χ2v) is 2.87. The van der Waals surface area contributed by atoms with Gasteiger partial charge in [-0.25, -0.2) is 4.79 Å². The number of rotatable bonds is 2. The van der Waals surface area contributed by atoms with Gasteiger partial charge in [0.05, 0.1) is 6.61 Å². The van der Waals surface area contributed by atoms with E-state index in [1.165, 1.54) is 14.0 Å². The number of aromatic nitrogens is 2. The van der Waals surface area contributed by atoms with Crippen molar-refractivity contribution in [2.45, 2.75) is 13.1 Å². The maximum absolute atomic E-state index is 12.4. The SMILES string of the molecule is CCOC(=O)c1cn(C)nc1C(F)(F)F.O=C=O. The van der Waals surface area contributed by atoms with Gasteiger partial charge in [0, 0.05) is 13.2 Å². The molecule has 0 atom stereocenters. The van der Waals surface area contributed by atoms with Crippen LogP contribution in [0.2, 0.25) is 0 Å². The molecule has 0 saturated carbocycles. The molecule has 6 nitrogen and oxygen atoms in total. The molecule has 0 aliphatic rings. The molecule has 1 aromatic rings. The van der Waals surface area contributed by atoms with Crippen molar-refractivity contribution in [3.05, 3.63) is 17.5 Å². The number of esters is 1. The minimum Gasteiger partial charge on any atom is -0.462 e. The van der Waals surface area contributed by atoms with Crippen LogP contribution in [0.15, 0.2) is 6.20 Å². The Morgan fingerprint density at radius 3 is 2.39 bits per heavy atom. The molecule has 1 rings (SSSR count). The van der Waals surface area contributed by atoms with Crippen molar-refractivity contribution in [3.63, 3.8) is 0 Å². The molecule has 0 aliphatic heterocycles. The van der Waals surface area contributed by atoms with Crippen molar-refractivity contribution in [1.29, 1.82) is 0 Å². The summed E-state index contributed by atoms with van der Waals surface area (Å²) in [6.07, 6.45) is -3.41. The lowest BCUT2D eigenvalue weighted by Crippen LogP contribution is -2.14. The molecule has 1 heterocycles. The maximum Gasteiger partial charge on any atom is 0.436 e. The minimum atomic E-state index is -4.65. The highest BCUT2D eigenvalue weighted by Crippen LogP contribution is 2.30. The third-order valence-corrected chi connectivity index (χ3v) is 1.59. The number of aryl methyl sites for hydroxylation is 1. The standard InChI is InChI=1S/C8H9F3N2O2.CO2/c1-3-15-7(14)5-4-13(2)12-6(5)8(9,10)11;2-1-3/h4H,3H2,1-2H3;. The lowest BCUT2D eigenvalue weighted by Gasteiger charge is -2.04. The van der Waals surface area contributed by atoms with Gasteiger partial charge in [-0.05, 0) is 6.92 Å². The molecule has 0 spiro atoms. The van der Waals surface area contributed by atoms with E-state index in [2.05, 4.69) is 9.84 Å². The topological polar surface area (TPSA) is 78.3 Å². The van der Waals surface area contributed by atoms with E-state index in [0.29, 0.717) is 0 Å². The van der Waals surface area contributed by atoms with E-state index in [4.69, 9.17) is 9.59 Å². The summed E-state index contributed by atoms with van der Waals surface area (Å²) < 4.78 is 42.5. The van der Waals surface area contributed by atoms with Crippen LogP contribution in [0.4, 0.5) is 13.2 Å². The quantitative estimate of drug-likeness (QED) is 0.747. The molecular weight excluding hydrogens is 257 g/mol. The van der Waals surface area contributed by atoms with Crippen molar-refractivity contribution in [3.8, 4) is 0 Å². The van der Waals surface area contributed by atoms with Crippen molar-refractivity contribution in [2.24, 2.45) is 7.05 Å². The normalized spacial score (nSPS) is 10.1. The zero-order chi connectivity index (χ0) is 14.3. The number of hydrogen-bond donors (Lipinski definition) is 0. The molecule has 0 saturated heterocycles. The second-order valence-electron chi connectivity index (χ2n) is 2.87. The molecule has 0 aliphatic carbocycles. The lowest BCUT2D eigenvalue weighted by molar-refractivity contribution is -0.191. The number of nitrogens with zero attached hydrogens (tertiary/aromatic N) is 2. The van der Waals surface area contributed by atoms with Crippen LogP contribution in [0.25, 0.3) is 0 Å². The summed E-state index contributed by atoms with van der Waals surface area (Å²) in [4.78, 5) is 27.4. The summed E-state index contributed by atoms with van der Waals surface area (Å²) in [6.45, 7) is 1.53. The van der Waals surface area contributed by atoms with Crippen LogP contribution in [0.1, 0.15) is 23.0 Å². The van der Waals surface area contributed by atoms with Gasteiger partial charge in [0.2, 0.25) is 0 Å². The van der Waals surface area contributed by atoms with Crippen molar-refractivity contribution >= 4 is 12.1 Å². The maximum atomic E-state index is 12.4. The van der Waals surface area contributed by atoms with Gasteiger partial charge in [-0.1, -0.05) is 0 Å². The summed E-state index contributed by atoms with van der Waals surface area (Å²) in [5.74, 6) is -1.02. The van der Waals surface area contributed by atoms with Crippen molar-refractivity contribution in [2.75, 3.05) is 6.61 Å². The van der Waals surface area contributed by atoms with E-state index < -0.39 is 23.4 Å². The summed E-state index contributed by atoms with van der Waals surface area (Å²) in [5.41, 5.74) is -1.78. The van der Waals surface area contributed by atoms with Crippen LogP contribution < -0.4 is 0 Å². The fraction of sp³-hybridized carbons (Fsp3) is 0.444. The van der Waals surface area contributed by atoms with Crippen molar-refractivity contribution < 1.29 is 32.3 Å². The van der Waals surface area contributed by atoms with Gasteiger partial charge in [0.25, 0.3) is 0 Å². The van der Waals surface area contributed by atoms with E-state index in [-0.39, 0.29) is 12.8 Å². The van der Waals surface area contributed by atoms with E-state index >= 15 is 0 Å². The number of alkyl halides is 3. The molecule has 9 heteroatoms. The lowest BCUT2D eigenvalue weighted by atomic mass is 10.2. The third kappa shape index (κ3) is 4.38. The zero-order valence-electron chi connectivity index (χ0n) is 9.45. The average Bonchev–Trinajstić information content (AvgIpc) is 2.61. The van der Waals surface area contributed by atoms with E-state index in [1.54, 1.807) is 0 Å². The molecule has 0 amide bonds. The first-order valence-electron chi connectivity index (χ1n) is 4.55. The molecule has 0 unspecified atom stereocenters. The summed E-state index contributed by atoms with van der Waals surface area (Å²) in [7, 11) is 1.30. The number of carbonyl (C=O) groups excluding carboxylic acids is 3. The van der Waals surface area contributed by atoms with E-state index in [0.717, 1.165) is 10.9 Å². The van der Waals surface area contributed by atoms with Gasteiger partial charge < -0.3 is 4.74 Å². The molecule has 0 fully saturated rings. The minimum absolute atomic E-state index is 0.0189. The van der Waals surface area contributed by atoms with Gasteiger partial charge in [0.1, 0.15) is 5.56 Å². The monoisotopic (exact) mass is 266 g/mol. The Morgan fingerprint density at radius 1 is 1.50 bits per heavy atom. The average molecular weight is 266 g/mol. The van der Waals surface area contributed by atoms with Gasteiger partial charge >= 0.3 is 18.3 Å². The van der Waals surface area contributed by atoms with Crippen LogP contribution in [-0.4, -0.2) is 28.5 Å². The summed E-state index contributed by atoms with van der Waals surface area (Å²) >= 11 is 0.